The van der Waals surface area contributed by atoms with Crippen LogP contribution in [0.3, 0.4) is 0 Å². The third-order valence-electron chi connectivity index (χ3n) is 3.40. The van der Waals surface area contributed by atoms with Crippen LogP contribution in [-0.2, 0) is 6.42 Å². The lowest BCUT2D eigenvalue weighted by atomic mass is 10.1. The second kappa shape index (κ2) is 5.83. The summed E-state index contributed by atoms with van der Waals surface area (Å²) in [5.74, 6) is 0.700. The fourth-order valence-corrected chi connectivity index (χ4v) is 2.34. The van der Waals surface area contributed by atoms with Crippen molar-refractivity contribution in [3.05, 3.63) is 34.6 Å². The summed E-state index contributed by atoms with van der Waals surface area (Å²) in [5, 5.41) is 0.549. The first kappa shape index (κ1) is 12.8. The van der Waals surface area contributed by atoms with Gasteiger partial charge in [-0.3, -0.25) is 0 Å². The molecule has 0 spiro atoms. The van der Waals surface area contributed by atoms with Crippen LogP contribution in [0.4, 0.5) is 4.39 Å². The van der Waals surface area contributed by atoms with Gasteiger partial charge in [0.05, 0.1) is 0 Å². The first-order valence-corrected chi connectivity index (χ1v) is 6.73. The summed E-state index contributed by atoms with van der Waals surface area (Å²) in [6.45, 7) is 5.24. The molecule has 94 valence electrons. The van der Waals surface area contributed by atoms with Gasteiger partial charge in [0, 0.05) is 23.7 Å². The molecule has 1 aromatic rings. The van der Waals surface area contributed by atoms with Crippen molar-refractivity contribution in [3.8, 4) is 0 Å². The fraction of sp³-hybridized carbons (Fsp3) is 0.571. The molecule has 3 heteroatoms. The summed E-state index contributed by atoms with van der Waals surface area (Å²) in [7, 11) is 0. The van der Waals surface area contributed by atoms with Gasteiger partial charge < -0.3 is 4.90 Å². The van der Waals surface area contributed by atoms with Crippen molar-refractivity contribution in [1.29, 1.82) is 0 Å². The van der Waals surface area contributed by atoms with Crippen LogP contribution in [0, 0.1) is 11.7 Å². The molecular weight excluding hydrogens is 237 g/mol. The zero-order chi connectivity index (χ0) is 12.3. The van der Waals surface area contributed by atoms with Gasteiger partial charge in [-0.25, -0.2) is 4.39 Å². The topological polar surface area (TPSA) is 3.24 Å². The number of halogens is 2. The number of likely N-dealkylation sites (N-methyl/N-ethyl adjacent to an activating group) is 1. The van der Waals surface area contributed by atoms with Crippen molar-refractivity contribution in [2.45, 2.75) is 26.2 Å². The minimum Gasteiger partial charge on any atom is -0.303 e. The maximum absolute atomic E-state index is 13.6. The Labute approximate surface area is 108 Å². The molecule has 1 fully saturated rings. The third kappa shape index (κ3) is 3.68. The molecule has 0 aliphatic heterocycles. The average Bonchev–Trinajstić information content (AvgIpc) is 3.10. The molecule has 0 atom stereocenters. The molecule has 0 heterocycles. The lowest BCUT2D eigenvalue weighted by molar-refractivity contribution is 0.279. The summed E-state index contributed by atoms with van der Waals surface area (Å²) in [5.41, 5.74) is 0.656. The molecule has 17 heavy (non-hydrogen) atoms. The molecule has 1 saturated carbocycles. The van der Waals surface area contributed by atoms with Gasteiger partial charge in [-0.15, -0.1) is 0 Å². The second-order valence-electron chi connectivity index (χ2n) is 4.79. The number of hydrogen-bond donors (Lipinski definition) is 0. The first-order chi connectivity index (χ1) is 8.20. The van der Waals surface area contributed by atoms with Gasteiger partial charge in [-0.05, 0) is 43.9 Å². The molecule has 0 amide bonds. The predicted molar refractivity (Wildman–Crippen MR) is 70.0 cm³/mol. The molecule has 0 radical (unpaired) electrons. The zero-order valence-corrected chi connectivity index (χ0v) is 11.0. The SMILES string of the molecule is CCN(CCc1c(F)cccc1Cl)CC1CC1. The van der Waals surface area contributed by atoms with Crippen molar-refractivity contribution in [3.63, 3.8) is 0 Å². The lowest BCUT2D eigenvalue weighted by Crippen LogP contribution is -2.28. The van der Waals surface area contributed by atoms with Crippen molar-refractivity contribution < 1.29 is 4.39 Å². The van der Waals surface area contributed by atoms with E-state index in [1.165, 1.54) is 18.9 Å². The minimum atomic E-state index is -0.181. The van der Waals surface area contributed by atoms with E-state index in [1.807, 2.05) is 0 Å². The molecule has 0 bridgehead atoms. The highest BCUT2D eigenvalue weighted by Crippen LogP contribution is 2.29. The summed E-state index contributed by atoms with van der Waals surface area (Å²) >= 11 is 6.02. The Morgan fingerprint density at radius 1 is 1.41 bits per heavy atom. The van der Waals surface area contributed by atoms with E-state index in [1.54, 1.807) is 12.1 Å². The number of benzene rings is 1. The number of rotatable bonds is 6. The van der Waals surface area contributed by atoms with E-state index >= 15 is 0 Å². The molecular formula is C14H19ClFN. The van der Waals surface area contributed by atoms with Crippen LogP contribution in [0.2, 0.25) is 5.02 Å². The molecule has 1 aliphatic rings. The van der Waals surface area contributed by atoms with E-state index < -0.39 is 0 Å². The average molecular weight is 256 g/mol. The van der Waals surface area contributed by atoms with Gasteiger partial charge in [-0.1, -0.05) is 24.6 Å². The van der Waals surface area contributed by atoms with Crippen LogP contribution in [0.1, 0.15) is 25.3 Å². The highest BCUT2D eigenvalue weighted by Gasteiger charge is 2.23. The van der Waals surface area contributed by atoms with Crippen molar-refractivity contribution in [1.82, 2.24) is 4.90 Å². The molecule has 1 nitrogen and oxygen atoms in total. The third-order valence-corrected chi connectivity index (χ3v) is 3.75. The summed E-state index contributed by atoms with van der Waals surface area (Å²) in [4.78, 5) is 2.39. The molecule has 1 aliphatic carbocycles. The smallest absolute Gasteiger partial charge is 0.127 e. The quantitative estimate of drug-likeness (QED) is 0.748. The van der Waals surface area contributed by atoms with Crippen molar-refractivity contribution in [2.75, 3.05) is 19.6 Å². The maximum atomic E-state index is 13.6. The van der Waals surface area contributed by atoms with E-state index in [0.717, 1.165) is 25.6 Å². The highest BCUT2D eigenvalue weighted by molar-refractivity contribution is 6.31. The Morgan fingerprint density at radius 2 is 2.18 bits per heavy atom. The number of hydrogen-bond acceptors (Lipinski definition) is 1. The van der Waals surface area contributed by atoms with E-state index in [4.69, 9.17) is 11.6 Å². The first-order valence-electron chi connectivity index (χ1n) is 6.36. The Bertz CT molecular complexity index is 356. The predicted octanol–water partition coefficient (Wildman–Crippen LogP) is 3.75. The van der Waals surface area contributed by atoms with E-state index in [2.05, 4.69) is 11.8 Å². The molecule has 0 N–H and O–H groups in total. The Kier molecular flexibility index (Phi) is 4.41. The number of nitrogens with zero attached hydrogens (tertiary/aromatic N) is 1. The van der Waals surface area contributed by atoms with Crippen LogP contribution in [0.15, 0.2) is 18.2 Å². The normalized spacial score (nSPS) is 15.5. The van der Waals surface area contributed by atoms with Gasteiger partial charge in [0.25, 0.3) is 0 Å². The summed E-state index contributed by atoms with van der Waals surface area (Å²) in [6, 6.07) is 4.90. The fourth-order valence-electron chi connectivity index (χ4n) is 2.09. The van der Waals surface area contributed by atoms with Crippen molar-refractivity contribution in [2.24, 2.45) is 5.92 Å². The van der Waals surface area contributed by atoms with Crippen LogP contribution in [-0.4, -0.2) is 24.5 Å². The monoisotopic (exact) mass is 255 g/mol. The standard InChI is InChI=1S/C14H19ClFN/c1-2-17(10-11-6-7-11)9-8-12-13(15)4-3-5-14(12)16/h3-5,11H,2,6-10H2,1H3. The molecule has 2 rings (SSSR count). The van der Waals surface area contributed by atoms with Gasteiger partial charge in [-0.2, -0.15) is 0 Å². The Morgan fingerprint density at radius 3 is 2.76 bits per heavy atom. The van der Waals surface area contributed by atoms with E-state index in [9.17, 15) is 4.39 Å². The molecule has 0 unspecified atom stereocenters. The Hall–Kier alpha value is -0.600. The van der Waals surface area contributed by atoms with Crippen LogP contribution in [0.5, 0.6) is 0 Å². The van der Waals surface area contributed by atoms with Gasteiger partial charge in [0.2, 0.25) is 0 Å². The summed E-state index contributed by atoms with van der Waals surface area (Å²) in [6.07, 6.45) is 3.42. The van der Waals surface area contributed by atoms with Crippen molar-refractivity contribution >= 4 is 11.6 Å². The largest absolute Gasteiger partial charge is 0.303 e. The second-order valence-corrected chi connectivity index (χ2v) is 5.19. The van der Waals surface area contributed by atoms with E-state index in [0.29, 0.717) is 17.0 Å². The van der Waals surface area contributed by atoms with Gasteiger partial charge >= 0.3 is 0 Å². The summed E-state index contributed by atoms with van der Waals surface area (Å²) < 4.78 is 13.6. The Balaban J connectivity index is 1.90. The van der Waals surface area contributed by atoms with Crippen LogP contribution >= 0.6 is 11.6 Å². The van der Waals surface area contributed by atoms with Crippen LogP contribution < -0.4 is 0 Å². The van der Waals surface area contributed by atoms with E-state index in [-0.39, 0.29) is 5.82 Å². The molecule has 0 saturated heterocycles. The van der Waals surface area contributed by atoms with Gasteiger partial charge in [0.1, 0.15) is 5.82 Å². The molecule has 1 aromatic carbocycles. The van der Waals surface area contributed by atoms with Crippen LogP contribution in [0.25, 0.3) is 0 Å². The zero-order valence-electron chi connectivity index (χ0n) is 10.3. The van der Waals surface area contributed by atoms with Gasteiger partial charge in [0.15, 0.2) is 0 Å². The highest BCUT2D eigenvalue weighted by atomic mass is 35.5. The minimum absolute atomic E-state index is 0.181. The molecule has 0 aromatic heterocycles. The lowest BCUT2D eigenvalue weighted by Gasteiger charge is -2.20. The maximum Gasteiger partial charge on any atom is 0.127 e.